The van der Waals surface area contributed by atoms with Crippen molar-refractivity contribution in [1.29, 1.82) is 0 Å². The standard InChI is InChI=1S/C19H24N4O/c1-3-22(4-2)13-14-23-17(15-9-6-5-7-10-15)16-11-8-12-20-18(16)21-19(23)24/h5-12,17H,3-4,13-14H2,1-2H3,(H,20,21,24). The Morgan fingerprint density at radius 1 is 1.12 bits per heavy atom. The van der Waals surface area contributed by atoms with E-state index >= 15 is 0 Å². The number of hydrogen-bond donors (Lipinski definition) is 1. The Hall–Kier alpha value is -2.40. The van der Waals surface area contributed by atoms with Crippen LogP contribution in [0.15, 0.2) is 48.7 Å². The van der Waals surface area contributed by atoms with Crippen molar-refractivity contribution in [3.8, 4) is 0 Å². The van der Waals surface area contributed by atoms with Crippen LogP contribution in [0.3, 0.4) is 0 Å². The van der Waals surface area contributed by atoms with Crippen molar-refractivity contribution in [1.82, 2.24) is 14.8 Å². The SMILES string of the molecule is CCN(CC)CCN1C(=O)Nc2ncccc2C1c1ccccc1. The van der Waals surface area contributed by atoms with Crippen molar-refractivity contribution in [3.63, 3.8) is 0 Å². The molecule has 0 spiro atoms. The van der Waals surface area contributed by atoms with Gasteiger partial charge in [0.1, 0.15) is 5.82 Å². The van der Waals surface area contributed by atoms with Crippen molar-refractivity contribution < 1.29 is 4.79 Å². The molecule has 24 heavy (non-hydrogen) atoms. The minimum absolute atomic E-state index is 0.0813. The van der Waals surface area contributed by atoms with Crippen LogP contribution < -0.4 is 5.32 Å². The van der Waals surface area contributed by atoms with E-state index in [0.29, 0.717) is 12.4 Å². The first-order valence-corrected chi connectivity index (χ1v) is 8.54. The van der Waals surface area contributed by atoms with Gasteiger partial charge in [0.25, 0.3) is 0 Å². The average molecular weight is 324 g/mol. The molecule has 0 radical (unpaired) electrons. The maximum Gasteiger partial charge on any atom is 0.323 e. The van der Waals surface area contributed by atoms with E-state index in [1.807, 2.05) is 35.2 Å². The topological polar surface area (TPSA) is 48.5 Å². The number of urea groups is 1. The molecule has 1 aliphatic heterocycles. The van der Waals surface area contributed by atoms with Gasteiger partial charge in [-0.3, -0.25) is 5.32 Å². The van der Waals surface area contributed by atoms with Crippen molar-refractivity contribution >= 4 is 11.8 Å². The average Bonchev–Trinajstić information content (AvgIpc) is 2.63. The Bertz CT molecular complexity index is 685. The van der Waals surface area contributed by atoms with Gasteiger partial charge in [0.05, 0.1) is 6.04 Å². The third kappa shape index (κ3) is 3.26. The molecule has 1 unspecified atom stereocenters. The second kappa shape index (κ2) is 7.45. The molecule has 2 aromatic rings. The summed E-state index contributed by atoms with van der Waals surface area (Å²) in [6, 6.07) is 14.0. The molecule has 3 rings (SSSR count). The summed E-state index contributed by atoms with van der Waals surface area (Å²) in [7, 11) is 0. The molecular formula is C19H24N4O. The number of nitrogens with one attached hydrogen (secondary N) is 1. The van der Waals surface area contributed by atoms with Gasteiger partial charge in [-0.05, 0) is 24.7 Å². The molecule has 2 amide bonds. The van der Waals surface area contributed by atoms with E-state index in [4.69, 9.17) is 0 Å². The van der Waals surface area contributed by atoms with Gasteiger partial charge < -0.3 is 9.80 Å². The van der Waals surface area contributed by atoms with E-state index < -0.39 is 0 Å². The number of pyridine rings is 1. The second-order valence-electron chi connectivity index (χ2n) is 5.90. The van der Waals surface area contributed by atoms with Crippen LogP contribution in [-0.2, 0) is 0 Å². The van der Waals surface area contributed by atoms with Crippen molar-refractivity contribution in [3.05, 3.63) is 59.8 Å². The van der Waals surface area contributed by atoms with Crippen LogP contribution in [0, 0.1) is 0 Å². The summed E-state index contributed by atoms with van der Waals surface area (Å²) in [5, 5.41) is 2.93. The number of nitrogens with zero attached hydrogens (tertiary/aromatic N) is 3. The smallest absolute Gasteiger partial charge is 0.312 e. The molecule has 2 heterocycles. The van der Waals surface area contributed by atoms with Gasteiger partial charge in [-0.25, -0.2) is 9.78 Å². The van der Waals surface area contributed by atoms with E-state index in [2.05, 4.69) is 41.2 Å². The molecule has 0 saturated carbocycles. The van der Waals surface area contributed by atoms with E-state index in [-0.39, 0.29) is 12.1 Å². The summed E-state index contributed by atoms with van der Waals surface area (Å²) in [5.41, 5.74) is 2.16. The Balaban J connectivity index is 1.95. The fraction of sp³-hybridized carbons (Fsp3) is 0.368. The normalized spacial score (nSPS) is 16.9. The van der Waals surface area contributed by atoms with E-state index in [0.717, 1.165) is 30.8 Å². The lowest BCUT2D eigenvalue weighted by atomic mass is 9.96. The lowest BCUT2D eigenvalue weighted by Gasteiger charge is -2.38. The third-order valence-corrected chi connectivity index (χ3v) is 4.60. The number of rotatable bonds is 6. The van der Waals surface area contributed by atoms with Gasteiger partial charge in [-0.2, -0.15) is 0 Å². The van der Waals surface area contributed by atoms with Crippen LogP contribution >= 0.6 is 0 Å². The molecule has 1 aromatic heterocycles. The minimum atomic E-state index is -0.0980. The number of hydrogen-bond acceptors (Lipinski definition) is 3. The highest BCUT2D eigenvalue weighted by atomic mass is 16.2. The zero-order valence-corrected chi connectivity index (χ0v) is 14.3. The Morgan fingerprint density at radius 2 is 1.88 bits per heavy atom. The Kier molecular flexibility index (Phi) is 5.11. The van der Waals surface area contributed by atoms with E-state index in [1.54, 1.807) is 6.20 Å². The molecule has 0 saturated heterocycles. The van der Waals surface area contributed by atoms with Crippen molar-refractivity contribution in [2.45, 2.75) is 19.9 Å². The van der Waals surface area contributed by atoms with Crippen LogP contribution in [0.2, 0.25) is 0 Å². The molecule has 1 N–H and O–H groups in total. The van der Waals surface area contributed by atoms with Gasteiger partial charge in [0.15, 0.2) is 0 Å². The number of carbonyl (C=O) groups excluding carboxylic acids is 1. The van der Waals surface area contributed by atoms with Crippen LogP contribution in [0.25, 0.3) is 0 Å². The lowest BCUT2D eigenvalue weighted by Crippen LogP contribution is -2.46. The third-order valence-electron chi connectivity index (χ3n) is 4.60. The molecule has 1 aliphatic rings. The van der Waals surface area contributed by atoms with Gasteiger partial charge >= 0.3 is 6.03 Å². The zero-order chi connectivity index (χ0) is 16.9. The number of aromatic nitrogens is 1. The molecule has 0 fully saturated rings. The predicted molar refractivity (Wildman–Crippen MR) is 96.0 cm³/mol. The fourth-order valence-electron chi connectivity index (χ4n) is 3.22. The number of fused-ring (bicyclic) bond motifs is 1. The highest BCUT2D eigenvalue weighted by molar-refractivity contribution is 5.92. The molecule has 1 aromatic carbocycles. The van der Waals surface area contributed by atoms with Gasteiger partial charge in [-0.15, -0.1) is 0 Å². The summed E-state index contributed by atoms with van der Waals surface area (Å²) in [5.74, 6) is 0.662. The van der Waals surface area contributed by atoms with Gasteiger partial charge in [0, 0.05) is 24.8 Å². The Morgan fingerprint density at radius 3 is 2.58 bits per heavy atom. The number of anilines is 1. The summed E-state index contributed by atoms with van der Waals surface area (Å²) < 4.78 is 0. The first kappa shape index (κ1) is 16.5. The summed E-state index contributed by atoms with van der Waals surface area (Å²) in [6.07, 6.45) is 1.72. The zero-order valence-electron chi connectivity index (χ0n) is 14.3. The molecule has 0 bridgehead atoms. The molecule has 1 atom stereocenters. The number of likely N-dealkylation sites (N-methyl/N-ethyl adjacent to an activating group) is 1. The van der Waals surface area contributed by atoms with Crippen LogP contribution in [0.1, 0.15) is 31.0 Å². The summed E-state index contributed by atoms with van der Waals surface area (Å²) in [6.45, 7) is 7.81. The van der Waals surface area contributed by atoms with Crippen LogP contribution in [-0.4, -0.2) is 47.0 Å². The van der Waals surface area contributed by atoms with Crippen LogP contribution in [0.5, 0.6) is 0 Å². The maximum absolute atomic E-state index is 12.7. The largest absolute Gasteiger partial charge is 0.323 e. The van der Waals surface area contributed by atoms with Crippen molar-refractivity contribution in [2.24, 2.45) is 0 Å². The van der Waals surface area contributed by atoms with Gasteiger partial charge in [0.2, 0.25) is 0 Å². The van der Waals surface area contributed by atoms with E-state index in [1.165, 1.54) is 0 Å². The van der Waals surface area contributed by atoms with E-state index in [9.17, 15) is 4.79 Å². The van der Waals surface area contributed by atoms with Crippen LogP contribution in [0.4, 0.5) is 10.6 Å². The predicted octanol–water partition coefficient (Wildman–Crippen LogP) is 3.36. The minimum Gasteiger partial charge on any atom is -0.312 e. The highest BCUT2D eigenvalue weighted by Crippen LogP contribution is 2.36. The second-order valence-corrected chi connectivity index (χ2v) is 5.90. The highest BCUT2D eigenvalue weighted by Gasteiger charge is 2.33. The quantitative estimate of drug-likeness (QED) is 0.886. The summed E-state index contributed by atoms with van der Waals surface area (Å²) >= 11 is 0. The maximum atomic E-state index is 12.7. The first-order valence-electron chi connectivity index (χ1n) is 8.54. The first-order chi connectivity index (χ1) is 11.7. The number of amides is 2. The monoisotopic (exact) mass is 324 g/mol. The summed E-state index contributed by atoms with van der Waals surface area (Å²) in [4.78, 5) is 21.3. The molecule has 5 nitrogen and oxygen atoms in total. The number of benzene rings is 1. The molecule has 126 valence electrons. The Labute approximate surface area is 143 Å². The molecular weight excluding hydrogens is 300 g/mol. The lowest BCUT2D eigenvalue weighted by molar-refractivity contribution is 0.179. The van der Waals surface area contributed by atoms with Gasteiger partial charge in [-0.1, -0.05) is 50.2 Å². The van der Waals surface area contributed by atoms with Crippen molar-refractivity contribution in [2.75, 3.05) is 31.5 Å². The number of carbonyl (C=O) groups is 1. The molecule has 5 heteroatoms. The molecule has 0 aliphatic carbocycles. The fourth-order valence-corrected chi connectivity index (χ4v) is 3.22.